The van der Waals surface area contributed by atoms with E-state index in [9.17, 15) is 4.79 Å². The monoisotopic (exact) mass is 330 g/mol. The lowest BCUT2D eigenvalue weighted by Crippen LogP contribution is -2.66. The van der Waals surface area contributed by atoms with Gasteiger partial charge in [0.25, 0.3) is 5.91 Å². The fourth-order valence-electron chi connectivity index (χ4n) is 4.58. The van der Waals surface area contributed by atoms with Crippen LogP contribution in [0.2, 0.25) is 0 Å². The van der Waals surface area contributed by atoms with Crippen molar-refractivity contribution in [1.29, 1.82) is 0 Å². The number of hydrogen-bond acceptors (Lipinski definition) is 5. The molecule has 1 saturated carbocycles. The topological polar surface area (TPSA) is 67.3 Å². The van der Waals surface area contributed by atoms with Crippen molar-refractivity contribution >= 4 is 5.91 Å². The maximum Gasteiger partial charge on any atom is 0.271 e. The van der Waals surface area contributed by atoms with Gasteiger partial charge in [0.05, 0.1) is 11.8 Å². The normalized spacial score (nSPS) is 26.6. The van der Waals surface area contributed by atoms with Crippen molar-refractivity contribution in [2.24, 2.45) is 5.92 Å². The summed E-state index contributed by atoms with van der Waals surface area (Å²) in [7, 11) is 0. The summed E-state index contributed by atoms with van der Waals surface area (Å²) >= 11 is 0. The van der Waals surface area contributed by atoms with E-state index < -0.39 is 0 Å². The first-order valence-electron chi connectivity index (χ1n) is 9.19. The van der Waals surface area contributed by atoms with E-state index in [2.05, 4.69) is 20.2 Å². The van der Waals surface area contributed by atoms with Crippen LogP contribution in [0, 0.1) is 5.92 Å². The summed E-state index contributed by atoms with van der Waals surface area (Å²) in [6.07, 6.45) is 12.2. The molecule has 6 heteroatoms. The molecule has 1 N–H and O–H groups in total. The highest BCUT2D eigenvalue weighted by atomic mass is 16.5. The molecule has 0 aromatic carbocycles. The van der Waals surface area contributed by atoms with E-state index in [-0.39, 0.29) is 11.5 Å². The number of amides is 1. The molecule has 1 amide bonds. The first-order chi connectivity index (χ1) is 11.8. The maximum absolute atomic E-state index is 12.0. The highest BCUT2D eigenvalue weighted by molar-refractivity contribution is 5.91. The van der Waals surface area contributed by atoms with Gasteiger partial charge in [-0.05, 0) is 31.6 Å². The predicted molar refractivity (Wildman–Crippen MR) is 89.6 cm³/mol. The van der Waals surface area contributed by atoms with Crippen molar-refractivity contribution in [3.8, 4) is 0 Å². The van der Waals surface area contributed by atoms with Crippen LogP contribution < -0.4 is 5.32 Å². The molecule has 1 atom stereocenters. The molecule has 0 unspecified atom stereocenters. The molecule has 130 valence electrons. The highest BCUT2D eigenvalue weighted by Crippen LogP contribution is 2.44. The summed E-state index contributed by atoms with van der Waals surface area (Å²) in [5.74, 6) is 0.412. The van der Waals surface area contributed by atoms with E-state index in [1.165, 1.54) is 31.9 Å². The lowest BCUT2D eigenvalue weighted by molar-refractivity contribution is -0.146. The zero-order valence-electron chi connectivity index (χ0n) is 14.1. The van der Waals surface area contributed by atoms with E-state index in [4.69, 9.17) is 4.74 Å². The SMILES string of the molecule is O=C(NCC[C@H]1CCOC12CN(C1CCCC1)C2)c1cnccn1. The van der Waals surface area contributed by atoms with Crippen LogP contribution in [0.1, 0.15) is 49.0 Å². The Morgan fingerprint density at radius 3 is 2.88 bits per heavy atom. The summed E-state index contributed by atoms with van der Waals surface area (Å²) in [5.41, 5.74) is 0.436. The Kier molecular flexibility index (Phi) is 4.50. The number of carbonyl (C=O) groups excluding carboxylic acids is 1. The van der Waals surface area contributed by atoms with Crippen molar-refractivity contribution in [3.05, 3.63) is 24.3 Å². The fourth-order valence-corrected chi connectivity index (χ4v) is 4.58. The summed E-state index contributed by atoms with van der Waals surface area (Å²) < 4.78 is 6.14. The van der Waals surface area contributed by atoms with Crippen LogP contribution >= 0.6 is 0 Å². The van der Waals surface area contributed by atoms with E-state index in [0.717, 1.165) is 38.6 Å². The Hall–Kier alpha value is -1.53. The largest absolute Gasteiger partial charge is 0.372 e. The van der Waals surface area contributed by atoms with Gasteiger partial charge in [-0.3, -0.25) is 14.7 Å². The zero-order valence-corrected chi connectivity index (χ0v) is 14.1. The number of likely N-dealkylation sites (tertiary alicyclic amines) is 1. The Labute approximate surface area is 143 Å². The number of nitrogens with one attached hydrogen (secondary N) is 1. The maximum atomic E-state index is 12.0. The second-order valence-corrected chi connectivity index (χ2v) is 7.38. The van der Waals surface area contributed by atoms with E-state index >= 15 is 0 Å². The summed E-state index contributed by atoms with van der Waals surface area (Å²) in [6, 6.07) is 0.789. The van der Waals surface area contributed by atoms with Gasteiger partial charge in [0.15, 0.2) is 0 Å². The minimum absolute atomic E-state index is 0.0554. The van der Waals surface area contributed by atoms with Gasteiger partial charge in [-0.2, -0.15) is 0 Å². The summed E-state index contributed by atoms with van der Waals surface area (Å²) in [4.78, 5) is 22.6. The van der Waals surface area contributed by atoms with E-state index in [0.29, 0.717) is 18.2 Å². The van der Waals surface area contributed by atoms with Crippen LogP contribution in [0.4, 0.5) is 0 Å². The van der Waals surface area contributed by atoms with Crippen LogP contribution in [0.3, 0.4) is 0 Å². The number of nitrogens with zero attached hydrogens (tertiary/aromatic N) is 3. The van der Waals surface area contributed by atoms with Crippen molar-refractivity contribution in [1.82, 2.24) is 20.2 Å². The molecule has 0 radical (unpaired) electrons. The first-order valence-corrected chi connectivity index (χ1v) is 9.19. The van der Waals surface area contributed by atoms with Crippen LogP contribution in [-0.4, -0.2) is 58.7 Å². The number of carbonyl (C=O) groups is 1. The quantitative estimate of drug-likeness (QED) is 0.889. The lowest BCUT2D eigenvalue weighted by Gasteiger charge is -2.53. The third-order valence-corrected chi connectivity index (χ3v) is 5.96. The van der Waals surface area contributed by atoms with Crippen LogP contribution in [-0.2, 0) is 4.74 Å². The standard InChI is InChI=1S/C18H26N4O2/c23-17(16-11-19-8-9-20-16)21-7-5-14-6-10-24-18(14)12-22(13-18)15-3-1-2-4-15/h8-9,11,14-15H,1-7,10,12-13H2,(H,21,23)/t14-/m0/s1. The molecule has 3 heterocycles. The first kappa shape index (κ1) is 16.0. The minimum Gasteiger partial charge on any atom is -0.372 e. The second kappa shape index (κ2) is 6.76. The molecule has 3 fully saturated rings. The van der Waals surface area contributed by atoms with Gasteiger partial charge >= 0.3 is 0 Å². The average Bonchev–Trinajstić information content (AvgIpc) is 3.23. The predicted octanol–water partition coefficient (Wildman–Crippen LogP) is 1.63. The third-order valence-electron chi connectivity index (χ3n) is 5.96. The molecule has 1 spiro atoms. The van der Waals surface area contributed by atoms with Gasteiger partial charge in [0, 0.05) is 44.7 Å². The van der Waals surface area contributed by atoms with Gasteiger partial charge < -0.3 is 10.1 Å². The summed E-state index contributed by atoms with van der Waals surface area (Å²) in [5, 5.41) is 2.97. The van der Waals surface area contributed by atoms with Crippen LogP contribution in [0.25, 0.3) is 0 Å². The molecule has 2 saturated heterocycles. The molecule has 1 aliphatic carbocycles. The van der Waals surface area contributed by atoms with Gasteiger partial charge in [0.2, 0.25) is 0 Å². The molecule has 3 aliphatic rings. The van der Waals surface area contributed by atoms with Crippen LogP contribution in [0.15, 0.2) is 18.6 Å². The van der Waals surface area contributed by atoms with Crippen molar-refractivity contribution in [2.75, 3.05) is 26.2 Å². The Morgan fingerprint density at radius 2 is 2.12 bits per heavy atom. The van der Waals surface area contributed by atoms with Crippen molar-refractivity contribution in [2.45, 2.75) is 50.2 Å². The Morgan fingerprint density at radius 1 is 1.29 bits per heavy atom. The number of ether oxygens (including phenoxy) is 1. The van der Waals surface area contributed by atoms with Gasteiger partial charge in [-0.1, -0.05) is 12.8 Å². The van der Waals surface area contributed by atoms with E-state index in [1.807, 2.05) is 0 Å². The van der Waals surface area contributed by atoms with Crippen LogP contribution in [0.5, 0.6) is 0 Å². The number of rotatable bonds is 5. The fraction of sp³-hybridized carbons (Fsp3) is 0.722. The molecule has 6 nitrogen and oxygen atoms in total. The average molecular weight is 330 g/mol. The van der Waals surface area contributed by atoms with Gasteiger partial charge in [0.1, 0.15) is 5.69 Å². The minimum atomic E-state index is -0.141. The third kappa shape index (κ3) is 3.05. The number of hydrogen-bond donors (Lipinski definition) is 1. The molecule has 1 aromatic rings. The molecule has 24 heavy (non-hydrogen) atoms. The zero-order chi connectivity index (χ0) is 16.4. The second-order valence-electron chi connectivity index (χ2n) is 7.38. The highest BCUT2D eigenvalue weighted by Gasteiger charge is 2.54. The molecule has 1 aromatic heterocycles. The Balaban J connectivity index is 1.25. The van der Waals surface area contributed by atoms with Gasteiger partial charge in [-0.25, -0.2) is 4.98 Å². The van der Waals surface area contributed by atoms with Crippen molar-refractivity contribution < 1.29 is 9.53 Å². The molecule has 2 aliphatic heterocycles. The molecule has 0 bridgehead atoms. The molecule has 4 rings (SSSR count). The summed E-state index contributed by atoms with van der Waals surface area (Å²) in [6.45, 7) is 3.71. The number of aromatic nitrogens is 2. The lowest BCUT2D eigenvalue weighted by atomic mass is 9.78. The van der Waals surface area contributed by atoms with Gasteiger partial charge in [-0.15, -0.1) is 0 Å². The van der Waals surface area contributed by atoms with Crippen molar-refractivity contribution in [3.63, 3.8) is 0 Å². The molecular formula is C18H26N4O2. The smallest absolute Gasteiger partial charge is 0.271 e. The van der Waals surface area contributed by atoms with E-state index in [1.54, 1.807) is 12.4 Å². The molecular weight excluding hydrogens is 304 g/mol. The Bertz CT molecular complexity index is 568.